The first-order valence-corrected chi connectivity index (χ1v) is 7.41. The molecule has 0 radical (unpaired) electrons. The minimum absolute atomic E-state index is 0.135. The largest absolute Gasteiger partial charge is 0.361 e. The zero-order chi connectivity index (χ0) is 16.2. The van der Waals surface area contributed by atoms with E-state index in [0.29, 0.717) is 18.1 Å². The van der Waals surface area contributed by atoms with Crippen LogP contribution in [0, 0.1) is 13.8 Å². The Balaban J connectivity index is 1.61. The first kappa shape index (κ1) is 15.0. The van der Waals surface area contributed by atoms with Crippen molar-refractivity contribution in [3.05, 3.63) is 65.2 Å². The molecule has 6 nitrogen and oxygen atoms in total. The van der Waals surface area contributed by atoms with Gasteiger partial charge in [0, 0.05) is 17.8 Å². The predicted octanol–water partition coefficient (Wildman–Crippen LogP) is 2.72. The number of aryl methyl sites for hydroxylation is 2. The highest BCUT2D eigenvalue weighted by atomic mass is 16.5. The second kappa shape index (κ2) is 6.48. The van der Waals surface area contributed by atoms with Crippen molar-refractivity contribution in [2.24, 2.45) is 0 Å². The molecule has 6 heteroatoms. The average molecular weight is 310 g/mol. The Morgan fingerprint density at radius 2 is 2.00 bits per heavy atom. The molecule has 1 N–H and O–H groups in total. The van der Waals surface area contributed by atoms with Gasteiger partial charge in [-0.1, -0.05) is 35.5 Å². The van der Waals surface area contributed by atoms with Crippen molar-refractivity contribution < 1.29 is 9.32 Å². The van der Waals surface area contributed by atoms with E-state index in [0.717, 1.165) is 16.8 Å². The lowest BCUT2D eigenvalue weighted by Crippen LogP contribution is -2.16. The smallest absolute Gasteiger partial charge is 0.230 e. The Labute approximate surface area is 134 Å². The summed E-state index contributed by atoms with van der Waals surface area (Å²) < 4.78 is 6.86. The molecule has 118 valence electrons. The molecule has 2 heterocycles. The molecule has 2 aromatic heterocycles. The summed E-state index contributed by atoms with van der Waals surface area (Å²) in [6.45, 7) is 4.30. The van der Waals surface area contributed by atoms with Crippen molar-refractivity contribution in [1.29, 1.82) is 0 Å². The van der Waals surface area contributed by atoms with Gasteiger partial charge in [-0.05, 0) is 19.4 Å². The minimum Gasteiger partial charge on any atom is -0.361 e. The number of carbonyl (C=O) groups is 1. The molecule has 0 aliphatic heterocycles. The van der Waals surface area contributed by atoms with Crippen molar-refractivity contribution in [3.63, 3.8) is 0 Å². The maximum Gasteiger partial charge on any atom is 0.230 e. The molecular formula is C17H18N4O2. The SMILES string of the molecule is Cc1noc(C)c1CC(=O)Nc1ccn(Cc2ccccc2)n1. The van der Waals surface area contributed by atoms with Gasteiger partial charge in [0.25, 0.3) is 0 Å². The lowest BCUT2D eigenvalue weighted by Gasteiger charge is -2.03. The van der Waals surface area contributed by atoms with Crippen LogP contribution in [-0.4, -0.2) is 20.8 Å². The van der Waals surface area contributed by atoms with Gasteiger partial charge in [0.15, 0.2) is 5.82 Å². The molecule has 1 amide bonds. The van der Waals surface area contributed by atoms with Crippen LogP contribution in [0.5, 0.6) is 0 Å². The van der Waals surface area contributed by atoms with Crippen LogP contribution in [-0.2, 0) is 17.8 Å². The quantitative estimate of drug-likeness (QED) is 0.786. The first-order chi connectivity index (χ1) is 11.1. The number of benzene rings is 1. The molecule has 0 saturated carbocycles. The zero-order valence-corrected chi connectivity index (χ0v) is 13.1. The van der Waals surface area contributed by atoms with Crippen LogP contribution >= 0.6 is 0 Å². The van der Waals surface area contributed by atoms with Crippen LogP contribution < -0.4 is 5.32 Å². The van der Waals surface area contributed by atoms with E-state index in [1.54, 1.807) is 17.7 Å². The van der Waals surface area contributed by atoms with Crippen LogP contribution in [0.15, 0.2) is 47.1 Å². The normalized spacial score (nSPS) is 10.7. The zero-order valence-electron chi connectivity index (χ0n) is 13.1. The van der Waals surface area contributed by atoms with Crippen molar-refractivity contribution in [2.75, 3.05) is 5.32 Å². The number of rotatable bonds is 5. The van der Waals surface area contributed by atoms with Gasteiger partial charge in [-0.3, -0.25) is 9.48 Å². The molecule has 0 bridgehead atoms. The standard InChI is InChI=1S/C17H18N4O2/c1-12-15(13(2)23-20-12)10-17(22)18-16-8-9-21(19-16)11-14-6-4-3-5-7-14/h3-9H,10-11H2,1-2H3,(H,18,19,22). The number of aromatic nitrogens is 3. The number of carbonyl (C=O) groups excluding carboxylic acids is 1. The van der Waals surface area contributed by atoms with Crippen molar-refractivity contribution in [3.8, 4) is 0 Å². The van der Waals surface area contributed by atoms with Crippen molar-refractivity contribution >= 4 is 11.7 Å². The summed E-state index contributed by atoms with van der Waals surface area (Å²) in [6.07, 6.45) is 2.07. The van der Waals surface area contributed by atoms with Gasteiger partial charge >= 0.3 is 0 Å². The molecule has 0 unspecified atom stereocenters. The third-order valence-electron chi connectivity index (χ3n) is 3.61. The number of hydrogen-bond acceptors (Lipinski definition) is 4. The van der Waals surface area contributed by atoms with Gasteiger partial charge in [-0.25, -0.2) is 0 Å². The minimum atomic E-state index is -0.135. The maximum absolute atomic E-state index is 12.1. The van der Waals surface area contributed by atoms with Gasteiger partial charge in [-0.2, -0.15) is 5.10 Å². The van der Waals surface area contributed by atoms with Gasteiger partial charge in [0.2, 0.25) is 5.91 Å². The first-order valence-electron chi connectivity index (χ1n) is 7.41. The molecule has 1 aromatic carbocycles. The molecule has 3 rings (SSSR count). The highest BCUT2D eigenvalue weighted by Gasteiger charge is 2.14. The lowest BCUT2D eigenvalue weighted by atomic mass is 10.1. The number of amides is 1. The fraction of sp³-hybridized carbons (Fsp3) is 0.235. The molecule has 23 heavy (non-hydrogen) atoms. The maximum atomic E-state index is 12.1. The molecule has 0 spiro atoms. The van der Waals surface area contributed by atoms with E-state index in [-0.39, 0.29) is 12.3 Å². The summed E-state index contributed by atoms with van der Waals surface area (Å²) >= 11 is 0. The highest BCUT2D eigenvalue weighted by Crippen LogP contribution is 2.14. The van der Waals surface area contributed by atoms with Crippen LogP contribution in [0.1, 0.15) is 22.6 Å². The summed E-state index contributed by atoms with van der Waals surface area (Å²) in [5.74, 6) is 1.08. The number of nitrogens with one attached hydrogen (secondary N) is 1. The predicted molar refractivity (Wildman–Crippen MR) is 86.1 cm³/mol. The van der Waals surface area contributed by atoms with Crippen LogP contribution in [0.25, 0.3) is 0 Å². The van der Waals surface area contributed by atoms with Gasteiger partial charge in [0.05, 0.1) is 18.7 Å². The topological polar surface area (TPSA) is 73.0 Å². The Morgan fingerprint density at radius 3 is 2.70 bits per heavy atom. The highest BCUT2D eigenvalue weighted by molar-refractivity contribution is 5.91. The summed E-state index contributed by atoms with van der Waals surface area (Å²) in [4.78, 5) is 12.1. The summed E-state index contributed by atoms with van der Waals surface area (Å²) in [5.41, 5.74) is 2.72. The molecule has 0 saturated heterocycles. The van der Waals surface area contributed by atoms with Crippen LogP contribution in [0.3, 0.4) is 0 Å². The Hall–Kier alpha value is -2.89. The van der Waals surface area contributed by atoms with Gasteiger partial charge in [0.1, 0.15) is 5.76 Å². The van der Waals surface area contributed by atoms with Crippen LogP contribution in [0.4, 0.5) is 5.82 Å². The lowest BCUT2D eigenvalue weighted by molar-refractivity contribution is -0.115. The fourth-order valence-corrected chi connectivity index (χ4v) is 2.39. The summed E-state index contributed by atoms with van der Waals surface area (Å²) in [6, 6.07) is 11.8. The molecular weight excluding hydrogens is 292 g/mol. The second-order valence-electron chi connectivity index (χ2n) is 5.41. The molecule has 0 fully saturated rings. The average Bonchev–Trinajstić information content (AvgIpc) is 3.09. The third kappa shape index (κ3) is 3.66. The molecule has 0 atom stereocenters. The molecule has 0 aliphatic carbocycles. The van der Waals surface area contributed by atoms with Crippen molar-refractivity contribution in [2.45, 2.75) is 26.8 Å². The number of nitrogens with zero attached hydrogens (tertiary/aromatic N) is 3. The Kier molecular flexibility index (Phi) is 4.23. The second-order valence-corrected chi connectivity index (χ2v) is 5.41. The summed E-state index contributed by atoms with van der Waals surface area (Å²) in [5, 5.41) is 11.0. The van der Waals surface area contributed by atoms with Crippen LogP contribution in [0.2, 0.25) is 0 Å². The van der Waals surface area contributed by atoms with Gasteiger partial charge in [-0.15, -0.1) is 0 Å². The van der Waals surface area contributed by atoms with E-state index in [1.807, 2.05) is 43.5 Å². The van der Waals surface area contributed by atoms with E-state index in [9.17, 15) is 4.79 Å². The Morgan fingerprint density at radius 1 is 1.22 bits per heavy atom. The van der Waals surface area contributed by atoms with E-state index in [1.165, 1.54) is 0 Å². The van der Waals surface area contributed by atoms with E-state index >= 15 is 0 Å². The summed E-state index contributed by atoms with van der Waals surface area (Å²) in [7, 11) is 0. The third-order valence-corrected chi connectivity index (χ3v) is 3.61. The number of anilines is 1. The van der Waals surface area contributed by atoms with Gasteiger partial charge < -0.3 is 9.84 Å². The van der Waals surface area contributed by atoms with E-state index in [2.05, 4.69) is 15.6 Å². The van der Waals surface area contributed by atoms with E-state index in [4.69, 9.17) is 4.52 Å². The number of hydrogen-bond donors (Lipinski definition) is 1. The molecule has 3 aromatic rings. The fourth-order valence-electron chi connectivity index (χ4n) is 2.39. The van der Waals surface area contributed by atoms with Crippen molar-refractivity contribution in [1.82, 2.24) is 14.9 Å². The van der Waals surface area contributed by atoms with E-state index < -0.39 is 0 Å². The Bertz CT molecular complexity index is 786. The monoisotopic (exact) mass is 310 g/mol. The molecule has 0 aliphatic rings.